The number of rotatable bonds is 3. The average Bonchev–Trinajstić information content (AvgIpc) is 2.65. The molecule has 0 saturated carbocycles. The van der Waals surface area contributed by atoms with Crippen molar-refractivity contribution in [3.05, 3.63) is 5.69 Å². The molecule has 1 fully saturated rings. The van der Waals surface area contributed by atoms with E-state index in [9.17, 15) is 13.2 Å². The standard InChI is InChI=1S/C9H14F3N5S/c10-9(11,12)6-17-3-1-16(2-4-17)5-7-8(13)18-15-14-7/h1-6,13H2. The van der Waals surface area contributed by atoms with Crippen LogP contribution in [0.4, 0.5) is 18.2 Å². The Balaban J connectivity index is 1.79. The van der Waals surface area contributed by atoms with Crippen LogP contribution in [0, 0.1) is 0 Å². The van der Waals surface area contributed by atoms with Crippen LogP contribution in [0.15, 0.2) is 0 Å². The van der Waals surface area contributed by atoms with E-state index in [0.29, 0.717) is 43.4 Å². The van der Waals surface area contributed by atoms with Gasteiger partial charge in [-0.1, -0.05) is 4.49 Å². The predicted octanol–water partition coefficient (Wildman–Crippen LogP) is 0.800. The summed E-state index contributed by atoms with van der Waals surface area (Å²) in [5, 5.41) is 4.47. The second kappa shape index (κ2) is 5.37. The number of alkyl halides is 3. The number of hydrogen-bond donors (Lipinski definition) is 1. The Kier molecular flexibility index (Phi) is 4.03. The molecule has 18 heavy (non-hydrogen) atoms. The summed E-state index contributed by atoms with van der Waals surface area (Å²) in [7, 11) is 0. The van der Waals surface area contributed by atoms with Gasteiger partial charge in [0.15, 0.2) is 0 Å². The molecule has 5 nitrogen and oxygen atoms in total. The number of nitrogens with zero attached hydrogens (tertiary/aromatic N) is 4. The lowest BCUT2D eigenvalue weighted by atomic mass is 10.3. The monoisotopic (exact) mass is 281 g/mol. The van der Waals surface area contributed by atoms with Crippen LogP contribution in [-0.2, 0) is 6.54 Å². The highest BCUT2D eigenvalue weighted by atomic mass is 32.1. The highest BCUT2D eigenvalue weighted by molar-refractivity contribution is 7.09. The molecular weight excluding hydrogens is 267 g/mol. The molecule has 0 radical (unpaired) electrons. The molecule has 1 saturated heterocycles. The molecule has 0 unspecified atom stereocenters. The van der Waals surface area contributed by atoms with Crippen LogP contribution < -0.4 is 5.73 Å². The molecule has 0 aliphatic carbocycles. The fourth-order valence-electron chi connectivity index (χ4n) is 1.90. The lowest BCUT2D eigenvalue weighted by molar-refractivity contribution is -0.149. The second-order valence-corrected chi connectivity index (χ2v) is 5.04. The van der Waals surface area contributed by atoms with Crippen LogP contribution in [0.1, 0.15) is 5.69 Å². The van der Waals surface area contributed by atoms with Crippen LogP contribution in [0.5, 0.6) is 0 Å². The Morgan fingerprint density at radius 3 is 2.28 bits per heavy atom. The highest BCUT2D eigenvalue weighted by Gasteiger charge is 2.32. The highest BCUT2D eigenvalue weighted by Crippen LogP contribution is 2.19. The van der Waals surface area contributed by atoms with Gasteiger partial charge in [-0.15, -0.1) is 5.10 Å². The van der Waals surface area contributed by atoms with E-state index in [1.807, 2.05) is 4.90 Å². The van der Waals surface area contributed by atoms with Crippen LogP contribution in [0.3, 0.4) is 0 Å². The zero-order valence-electron chi connectivity index (χ0n) is 9.65. The van der Waals surface area contributed by atoms with Crippen LogP contribution in [0.25, 0.3) is 0 Å². The number of anilines is 1. The Morgan fingerprint density at radius 2 is 1.78 bits per heavy atom. The Bertz CT molecular complexity index is 386. The molecule has 1 aliphatic heterocycles. The molecule has 0 amide bonds. The van der Waals surface area contributed by atoms with Crippen molar-refractivity contribution < 1.29 is 13.2 Å². The first kappa shape index (κ1) is 13.5. The minimum atomic E-state index is -4.12. The molecule has 1 aromatic heterocycles. The van der Waals surface area contributed by atoms with Crippen molar-refractivity contribution in [1.29, 1.82) is 0 Å². The van der Waals surface area contributed by atoms with Crippen LogP contribution in [0.2, 0.25) is 0 Å². The van der Waals surface area contributed by atoms with E-state index in [4.69, 9.17) is 5.73 Å². The van der Waals surface area contributed by atoms with E-state index in [1.54, 1.807) is 0 Å². The maximum absolute atomic E-state index is 12.2. The summed E-state index contributed by atoms with van der Waals surface area (Å²) >= 11 is 1.13. The fourth-order valence-corrected chi connectivity index (χ4v) is 2.33. The molecule has 0 aromatic carbocycles. The molecule has 9 heteroatoms. The number of piperazine rings is 1. The van der Waals surface area contributed by atoms with E-state index in [-0.39, 0.29) is 0 Å². The van der Waals surface area contributed by atoms with Crippen molar-refractivity contribution in [1.82, 2.24) is 19.4 Å². The molecule has 1 aliphatic rings. The molecule has 2 N–H and O–H groups in total. The van der Waals surface area contributed by atoms with Gasteiger partial charge in [0.2, 0.25) is 0 Å². The van der Waals surface area contributed by atoms with Gasteiger partial charge < -0.3 is 5.73 Å². The van der Waals surface area contributed by atoms with Crippen molar-refractivity contribution in [2.24, 2.45) is 0 Å². The smallest absolute Gasteiger partial charge is 0.388 e. The van der Waals surface area contributed by atoms with Crippen molar-refractivity contribution in [3.63, 3.8) is 0 Å². The zero-order valence-corrected chi connectivity index (χ0v) is 10.5. The van der Waals surface area contributed by atoms with E-state index in [0.717, 1.165) is 11.5 Å². The average molecular weight is 281 g/mol. The first-order valence-electron chi connectivity index (χ1n) is 5.52. The van der Waals surface area contributed by atoms with Gasteiger partial charge in [-0.3, -0.25) is 9.80 Å². The normalized spacial score (nSPS) is 19.3. The van der Waals surface area contributed by atoms with Crippen LogP contribution >= 0.6 is 11.5 Å². The summed E-state index contributed by atoms with van der Waals surface area (Å²) < 4.78 is 40.4. The van der Waals surface area contributed by atoms with Crippen LogP contribution in [-0.4, -0.2) is 58.3 Å². The van der Waals surface area contributed by atoms with Crippen molar-refractivity contribution in [3.8, 4) is 0 Å². The van der Waals surface area contributed by atoms with Gasteiger partial charge >= 0.3 is 6.18 Å². The largest absolute Gasteiger partial charge is 0.401 e. The molecular formula is C9H14F3N5S. The lowest BCUT2D eigenvalue weighted by Gasteiger charge is -2.34. The van der Waals surface area contributed by atoms with Gasteiger partial charge in [-0.25, -0.2) is 0 Å². The topological polar surface area (TPSA) is 58.3 Å². The third-order valence-corrected chi connectivity index (χ3v) is 3.42. The maximum Gasteiger partial charge on any atom is 0.401 e. The molecule has 2 rings (SSSR count). The zero-order chi connectivity index (χ0) is 13.2. The van der Waals surface area contributed by atoms with Crippen molar-refractivity contribution in [2.75, 3.05) is 38.5 Å². The third-order valence-electron chi connectivity index (χ3n) is 2.83. The van der Waals surface area contributed by atoms with E-state index in [2.05, 4.69) is 9.59 Å². The van der Waals surface area contributed by atoms with Gasteiger partial charge in [0.05, 0.1) is 6.54 Å². The number of halogens is 3. The van der Waals surface area contributed by atoms with E-state index < -0.39 is 12.7 Å². The Labute approximate surface area is 107 Å². The first-order chi connectivity index (χ1) is 8.44. The minimum absolute atomic E-state index is 0.414. The Morgan fingerprint density at radius 1 is 1.17 bits per heavy atom. The molecule has 1 aromatic rings. The summed E-state index contributed by atoms with van der Waals surface area (Å²) in [5.74, 6) is 0. The molecule has 0 bridgehead atoms. The minimum Gasteiger partial charge on any atom is -0.388 e. The van der Waals surface area contributed by atoms with Crippen molar-refractivity contribution in [2.45, 2.75) is 12.7 Å². The summed E-state index contributed by atoms with van der Waals surface area (Å²) in [6.45, 7) is 1.73. The SMILES string of the molecule is Nc1snnc1CN1CCN(CC(F)(F)F)CC1. The van der Waals surface area contributed by atoms with E-state index in [1.165, 1.54) is 4.90 Å². The number of hydrogen-bond acceptors (Lipinski definition) is 6. The van der Waals surface area contributed by atoms with Gasteiger partial charge in [0, 0.05) is 44.3 Å². The van der Waals surface area contributed by atoms with E-state index >= 15 is 0 Å². The molecule has 0 atom stereocenters. The molecule has 2 heterocycles. The van der Waals surface area contributed by atoms with Crippen molar-refractivity contribution >= 4 is 16.5 Å². The Hall–Kier alpha value is -0.930. The third kappa shape index (κ3) is 3.79. The number of nitrogen functional groups attached to an aromatic ring is 1. The maximum atomic E-state index is 12.2. The lowest BCUT2D eigenvalue weighted by Crippen LogP contribution is -2.48. The second-order valence-electron chi connectivity index (χ2n) is 4.25. The van der Waals surface area contributed by atoms with Gasteiger partial charge in [-0.2, -0.15) is 13.2 Å². The molecule has 0 spiro atoms. The van der Waals surface area contributed by atoms with Gasteiger partial charge in [-0.05, 0) is 0 Å². The summed E-state index contributed by atoms with van der Waals surface area (Å²) in [6.07, 6.45) is -4.12. The first-order valence-corrected chi connectivity index (χ1v) is 6.29. The molecule has 102 valence electrons. The van der Waals surface area contributed by atoms with Gasteiger partial charge in [0.1, 0.15) is 10.7 Å². The predicted molar refractivity (Wildman–Crippen MR) is 62.1 cm³/mol. The quantitative estimate of drug-likeness (QED) is 0.888. The summed E-state index contributed by atoms with van der Waals surface area (Å²) in [4.78, 5) is 3.46. The number of nitrogens with two attached hydrogens (primary N) is 1. The number of aromatic nitrogens is 2. The van der Waals surface area contributed by atoms with Gasteiger partial charge in [0.25, 0.3) is 0 Å². The fraction of sp³-hybridized carbons (Fsp3) is 0.778. The summed E-state index contributed by atoms with van der Waals surface area (Å²) in [5.41, 5.74) is 6.39. The summed E-state index contributed by atoms with van der Waals surface area (Å²) in [6, 6.07) is 0.